The van der Waals surface area contributed by atoms with E-state index in [1.54, 1.807) is 23.9 Å². The fourth-order valence-corrected chi connectivity index (χ4v) is 9.63. The fourth-order valence-electron chi connectivity index (χ4n) is 6.74. The summed E-state index contributed by atoms with van der Waals surface area (Å²) >= 11 is 2.72. The number of likely N-dealkylation sites (tertiary alicyclic amines) is 1. The topological polar surface area (TPSA) is 137 Å². The molecule has 2 aliphatic carbocycles. The molecule has 3 fully saturated rings. The first-order valence-corrected chi connectivity index (χ1v) is 12.9. The van der Waals surface area contributed by atoms with Gasteiger partial charge in [-0.15, -0.1) is 11.8 Å². The van der Waals surface area contributed by atoms with Crippen molar-refractivity contribution in [3.05, 3.63) is 38.3 Å². The number of hydrogen-bond acceptors (Lipinski definition) is 8. The van der Waals surface area contributed by atoms with Gasteiger partial charge in [-0.3, -0.25) is 24.1 Å². The predicted octanol–water partition coefficient (Wildman–Crippen LogP) is 2.10. The number of aromatic nitrogens is 1. The predicted molar refractivity (Wildman–Crippen MR) is 122 cm³/mol. The number of ether oxygens (including phenoxy) is 1. The Labute approximate surface area is 202 Å². The first-order chi connectivity index (χ1) is 16.3. The van der Waals surface area contributed by atoms with Gasteiger partial charge >= 0.3 is 10.8 Å². The number of H-pyrrole nitrogens is 1. The standard InChI is InChI=1S/C23H22N2O7S2/c1-2-32-12-5-8(3-4-11(12)26)14-15-9-6-10(18(15)33-20-19(14)34-23(31)24-20)17-16(9)21(29)25(22(17)30)7-13(27)28/h3-5,9-10,14-18,26H,2,6-7H2,1H3,(H,24,31)(H,27,28)/t9-,10+,14+,15+,16+,17-,18-/m1/s1. The molecule has 34 heavy (non-hydrogen) atoms. The normalized spacial score (nSPS) is 33.1. The van der Waals surface area contributed by atoms with Crippen LogP contribution in [0.5, 0.6) is 11.5 Å². The number of fused-ring (bicyclic) bond motifs is 9. The number of carboxylic acids is 1. The van der Waals surface area contributed by atoms with Gasteiger partial charge in [0.2, 0.25) is 11.8 Å². The molecule has 7 atom stereocenters. The van der Waals surface area contributed by atoms with E-state index in [1.807, 2.05) is 13.0 Å². The number of aliphatic carboxylic acids is 1. The number of aromatic hydroxyl groups is 1. The molecule has 178 valence electrons. The molecule has 0 spiro atoms. The van der Waals surface area contributed by atoms with E-state index in [-0.39, 0.29) is 51.4 Å². The third kappa shape index (κ3) is 2.92. The zero-order valence-corrected chi connectivity index (χ0v) is 19.7. The van der Waals surface area contributed by atoms with Crippen molar-refractivity contribution < 1.29 is 29.3 Å². The van der Waals surface area contributed by atoms with Crippen LogP contribution < -0.4 is 9.61 Å². The number of thioether (sulfide) groups is 1. The number of aromatic amines is 1. The Morgan fingerprint density at radius 3 is 2.65 bits per heavy atom. The number of nitrogens with one attached hydrogen (secondary N) is 1. The number of carboxylic acid groups (broad SMARTS) is 1. The molecule has 2 aromatic rings. The van der Waals surface area contributed by atoms with Gasteiger partial charge in [0.05, 0.1) is 23.5 Å². The van der Waals surface area contributed by atoms with Crippen LogP contribution in [0, 0.1) is 29.6 Å². The minimum absolute atomic E-state index is 0.00394. The molecule has 11 heteroatoms. The van der Waals surface area contributed by atoms with Gasteiger partial charge in [0, 0.05) is 16.0 Å². The number of carbonyl (C=O) groups excluding carboxylic acids is 2. The van der Waals surface area contributed by atoms with Crippen LogP contribution in [0.3, 0.4) is 0 Å². The number of carbonyl (C=O) groups is 3. The number of nitrogens with zero attached hydrogens (tertiary/aromatic N) is 1. The second-order valence-corrected chi connectivity index (χ2v) is 11.5. The number of thiazole rings is 1. The monoisotopic (exact) mass is 502 g/mol. The summed E-state index contributed by atoms with van der Waals surface area (Å²) < 4.78 is 5.60. The summed E-state index contributed by atoms with van der Waals surface area (Å²) in [6, 6.07) is 5.21. The van der Waals surface area contributed by atoms with Crippen LogP contribution in [0.1, 0.15) is 29.7 Å². The Hall–Kier alpha value is -2.79. The molecule has 6 rings (SSSR count). The average molecular weight is 503 g/mol. The number of rotatable bonds is 5. The molecule has 2 amide bonds. The minimum atomic E-state index is -1.20. The highest BCUT2D eigenvalue weighted by molar-refractivity contribution is 8.00. The summed E-state index contributed by atoms with van der Waals surface area (Å²) in [5.74, 6) is -2.97. The second-order valence-electron chi connectivity index (χ2n) is 9.28. The summed E-state index contributed by atoms with van der Waals surface area (Å²) in [6.45, 7) is 1.61. The lowest BCUT2D eigenvalue weighted by Crippen LogP contribution is -2.42. The molecule has 3 N–H and O–H groups in total. The summed E-state index contributed by atoms with van der Waals surface area (Å²) in [7, 11) is 0. The van der Waals surface area contributed by atoms with Crippen molar-refractivity contribution in [2.75, 3.05) is 13.2 Å². The molecule has 2 bridgehead atoms. The molecule has 1 aromatic carbocycles. The SMILES string of the molecule is CCOc1cc([C@@H]2c3sc(=O)[nH]c3S[C@@H]3[C@H]4C[C@@H]([C@@H]5C(=O)N(CC(=O)O)C(=O)[C@H]45)[C@@H]23)ccc1O. The number of amides is 2. The number of imide groups is 1. The highest BCUT2D eigenvalue weighted by Crippen LogP contribution is 2.68. The highest BCUT2D eigenvalue weighted by atomic mass is 32.2. The molecule has 2 aliphatic heterocycles. The summed E-state index contributed by atoms with van der Waals surface area (Å²) in [6.07, 6.45) is 0.724. The minimum Gasteiger partial charge on any atom is -0.504 e. The molecule has 3 heterocycles. The zero-order chi connectivity index (χ0) is 23.9. The van der Waals surface area contributed by atoms with Crippen LogP contribution in [0.25, 0.3) is 0 Å². The Bertz CT molecular complexity index is 1290. The molecule has 2 saturated carbocycles. The largest absolute Gasteiger partial charge is 0.504 e. The van der Waals surface area contributed by atoms with Crippen molar-refractivity contribution in [3.8, 4) is 11.5 Å². The maximum Gasteiger partial charge on any atom is 0.323 e. The van der Waals surface area contributed by atoms with Crippen LogP contribution in [-0.2, 0) is 14.4 Å². The molecule has 1 saturated heterocycles. The second kappa shape index (κ2) is 7.61. The van der Waals surface area contributed by atoms with Crippen LogP contribution in [0.2, 0.25) is 0 Å². The van der Waals surface area contributed by atoms with E-state index in [9.17, 15) is 29.4 Å². The summed E-state index contributed by atoms with van der Waals surface area (Å²) in [4.78, 5) is 54.5. The van der Waals surface area contributed by atoms with Gasteiger partial charge in [0.1, 0.15) is 6.54 Å². The Kier molecular flexibility index (Phi) is 4.86. The van der Waals surface area contributed by atoms with E-state index in [1.165, 1.54) is 0 Å². The number of benzene rings is 1. The van der Waals surface area contributed by atoms with Crippen LogP contribution in [-0.4, -0.2) is 56.3 Å². The molecular weight excluding hydrogens is 480 g/mol. The van der Waals surface area contributed by atoms with Gasteiger partial charge in [-0.2, -0.15) is 0 Å². The van der Waals surface area contributed by atoms with Crippen molar-refractivity contribution in [3.63, 3.8) is 0 Å². The maximum atomic E-state index is 13.2. The molecule has 4 aliphatic rings. The van der Waals surface area contributed by atoms with Crippen molar-refractivity contribution in [2.24, 2.45) is 29.6 Å². The molecule has 1 aromatic heterocycles. The Morgan fingerprint density at radius 1 is 1.21 bits per heavy atom. The van der Waals surface area contributed by atoms with E-state index in [0.717, 1.165) is 38.1 Å². The van der Waals surface area contributed by atoms with E-state index in [4.69, 9.17) is 4.74 Å². The third-order valence-corrected chi connectivity index (χ3v) is 10.3. The van der Waals surface area contributed by atoms with Crippen molar-refractivity contribution in [1.82, 2.24) is 9.88 Å². The van der Waals surface area contributed by atoms with E-state index in [2.05, 4.69) is 4.98 Å². The van der Waals surface area contributed by atoms with Gasteiger partial charge in [0.15, 0.2) is 11.5 Å². The number of phenols is 1. The smallest absolute Gasteiger partial charge is 0.323 e. The van der Waals surface area contributed by atoms with E-state index in [0.29, 0.717) is 12.4 Å². The third-order valence-electron chi connectivity index (χ3n) is 7.75. The van der Waals surface area contributed by atoms with Gasteiger partial charge < -0.3 is 19.9 Å². The van der Waals surface area contributed by atoms with Crippen molar-refractivity contribution in [2.45, 2.75) is 29.5 Å². The lowest BCUT2D eigenvalue weighted by atomic mass is 9.68. The summed E-state index contributed by atoms with van der Waals surface area (Å²) in [5.41, 5.74) is 0.885. The lowest BCUT2D eigenvalue weighted by molar-refractivity contribution is -0.149. The number of hydrogen-bond donors (Lipinski definition) is 3. The maximum absolute atomic E-state index is 13.2. The van der Waals surface area contributed by atoms with Gasteiger partial charge in [0.25, 0.3) is 0 Å². The van der Waals surface area contributed by atoms with Gasteiger partial charge in [-0.1, -0.05) is 17.4 Å². The highest BCUT2D eigenvalue weighted by Gasteiger charge is 2.69. The lowest BCUT2D eigenvalue weighted by Gasteiger charge is -2.43. The molecule has 9 nitrogen and oxygen atoms in total. The first-order valence-electron chi connectivity index (χ1n) is 11.2. The zero-order valence-electron chi connectivity index (χ0n) is 18.1. The van der Waals surface area contributed by atoms with Crippen LogP contribution >= 0.6 is 23.1 Å². The molecule has 0 unspecified atom stereocenters. The summed E-state index contributed by atoms with van der Waals surface area (Å²) in [5, 5.41) is 20.2. The van der Waals surface area contributed by atoms with Crippen LogP contribution in [0.15, 0.2) is 28.0 Å². The van der Waals surface area contributed by atoms with E-state index < -0.39 is 24.3 Å². The van der Waals surface area contributed by atoms with Gasteiger partial charge in [-0.25, -0.2) is 0 Å². The quantitative estimate of drug-likeness (QED) is 0.529. The van der Waals surface area contributed by atoms with E-state index >= 15 is 0 Å². The van der Waals surface area contributed by atoms with Crippen molar-refractivity contribution >= 4 is 40.9 Å². The number of phenolic OH excluding ortho intramolecular Hbond substituents is 1. The fraction of sp³-hybridized carbons (Fsp3) is 0.478. The molecule has 0 radical (unpaired) electrons. The molecular formula is C23H22N2O7S2. The van der Waals surface area contributed by atoms with Gasteiger partial charge in [-0.05, 0) is 48.8 Å². The Balaban J connectivity index is 1.45. The Morgan fingerprint density at radius 2 is 1.94 bits per heavy atom. The van der Waals surface area contributed by atoms with Crippen LogP contribution in [0.4, 0.5) is 0 Å². The van der Waals surface area contributed by atoms with Crippen molar-refractivity contribution in [1.29, 1.82) is 0 Å². The average Bonchev–Trinajstić information content (AvgIpc) is 3.51. The first kappa shape index (κ1) is 21.7.